The minimum Gasteiger partial charge on any atom is -0.497 e. The van der Waals surface area contributed by atoms with Crippen LogP contribution in [-0.4, -0.2) is 14.2 Å². The Balaban J connectivity index is 0.000000191. The van der Waals surface area contributed by atoms with Crippen LogP contribution in [-0.2, 0) is 33.6 Å². The Morgan fingerprint density at radius 3 is 0.868 bits per heavy atom. The van der Waals surface area contributed by atoms with Gasteiger partial charge in [0, 0.05) is 42.5 Å². The Hall–Kier alpha value is -8.21. The average molecular weight is 1290 g/mol. The molecule has 0 fully saturated rings. The van der Waals surface area contributed by atoms with E-state index in [-0.39, 0.29) is 44.1 Å². The molecule has 8 heteroatoms. The van der Waals surface area contributed by atoms with Crippen LogP contribution in [0.25, 0.3) is 0 Å². The highest BCUT2D eigenvalue weighted by Crippen LogP contribution is 2.38. The normalized spacial score (nSPS) is 10.5. The van der Waals surface area contributed by atoms with Crippen LogP contribution in [0.3, 0.4) is 0 Å². The van der Waals surface area contributed by atoms with Gasteiger partial charge in [0.15, 0.2) is 39.5 Å². The fraction of sp³-hybridized carbons (Fsp3) is 0.133. The van der Waals surface area contributed by atoms with Crippen molar-refractivity contribution in [1.82, 2.24) is 0 Å². The van der Waals surface area contributed by atoms with E-state index in [0.717, 1.165) is 23.0 Å². The molecule has 0 unspecified atom stereocenters. The van der Waals surface area contributed by atoms with E-state index in [1.165, 1.54) is 105 Å². The van der Waals surface area contributed by atoms with Gasteiger partial charge < -0.3 is 14.2 Å². The molecular formula is C83H85O3S5+3. The zero-order valence-corrected chi connectivity index (χ0v) is 54.9. The Labute approximate surface area is 562 Å². The van der Waals surface area contributed by atoms with Gasteiger partial charge in [0.2, 0.25) is 0 Å². The van der Waals surface area contributed by atoms with E-state index in [2.05, 4.69) is 283 Å². The van der Waals surface area contributed by atoms with Crippen LogP contribution in [0.2, 0.25) is 0 Å². The number of rotatable bonds is 18. The van der Waals surface area contributed by atoms with Crippen molar-refractivity contribution < 1.29 is 14.2 Å². The second-order valence-corrected chi connectivity index (χ2v) is 28.8. The zero-order valence-electron chi connectivity index (χ0n) is 50.7. The quantitative estimate of drug-likeness (QED) is 0.0631. The molecule has 0 saturated heterocycles. The smallest absolute Gasteiger partial charge is 0.171 e. The van der Waals surface area contributed by atoms with Crippen molar-refractivity contribution in [3.8, 4) is 23.0 Å². The summed E-state index contributed by atoms with van der Waals surface area (Å²) in [6.07, 6.45) is 0. The Kier molecular flexibility index (Phi) is 27.3. The van der Waals surface area contributed by atoms with Crippen molar-refractivity contribution >= 4 is 57.1 Å². The molecule has 12 aromatic rings. The second kappa shape index (κ2) is 35.4. The molecule has 0 atom stereocenters. The lowest BCUT2D eigenvalue weighted by atomic mass is 10.0. The standard InChI is InChI=1S/C27H25O2S2.C27H24OS.C26H23S2.3CH4/c1-20-4-10-23(11-5-20)30-24-12-18-27(19-13-24)31(25-14-6-21(28-2)7-15-25)26-16-8-22(29-3)9-17-26;1-20-8-12-22(13-9-20)27(23-14-10-21(2)11-15-23)29-26-18-16-25(17-19-26)28-24-6-4-3-5-7-24;1-20-8-14-24(15-9-20)28(25-16-10-21(2)11-17-25)26-18-12-23(13-19-26)27-22-6-4-3-5-7-22;;;/h4-19H,1-3H3;3-19,27H,1-2H3;3-19H,1-2H3;3*1H4/q+1;;+1;;;/p+1. The van der Waals surface area contributed by atoms with E-state index in [0.29, 0.717) is 5.25 Å². The summed E-state index contributed by atoms with van der Waals surface area (Å²) in [6.45, 7) is 10.7. The first kappa shape index (κ1) is 70.3. The van der Waals surface area contributed by atoms with E-state index in [1.807, 2.05) is 54.6 Å². The molecule has 91 heavy (non-hydrogen) atoms. The SMILES string of the molecule is C.C.C.COc1ccc([S+](c2ccc(OC)cc2)c2ccc(Sc3ccc(C)cc3)cc2)cc1.Cc1ccc(C([SH+]c2ccc(Oc3ccccc3)cc2)c2ccc(C)cc2)cc1.Cc1ccc([S+](c2ccc(C)cc2)c2ccc(Sc3ccccc3)cc2)cc1. The number of para-hydroxylation sites is 1. The van der Waals surface area contributed by atoms with Crippen LogP contribution < -0.4 is 14.2 Å². The van der Waals surface area contributed by atoms with Crippen molar-refractivity contribution in [2.75, 3.05) is 14.2 Å². The molecule has 0 radical (unpaired) electrons. The average Bonchev–Trinajstić information content (AvgIpc) is 1.21. The maximum Gasteiger partial charge on any atom is 0.171 e. The summed E-state index contributed by atoms with van der Waals surface area (Å²) in [5.41, 5.74) is 9.13. The number of methoxy groups -OCH3 is 2. The summed E-state index contributed by atoms with van der Waals surface area (Å²) in [7, 11) is 3.09. The van der Waals surface area contributed by atoms with Gasteiger partial charge in [-0.05, 0) is 217 Å². The molecule has 0 bridgehead atoms. The number of hydrogen-bond donors (Lipinski definition) is 0. The minimum atomic E-state index is -0.213. The number of benzene rings is 12. The number of thiol groups is 1. The highest BCUT2D eigenvalue weighted by atomic mass is 32.2. The fourth-order valence-electron chi connectivity index (χ4n) is 9.46. The molecule has 462 valence electrons. The van der Waals surface area contributed by atoms with Gasteiger partial charge in [0.25, 0.3) is 0 Å². The predicted octanol–water partition coefficient (Wildman–Crippen LogP) is 23.8. The van der Waals surface area contributed by atoms with Crippen molar-refractivity contribution in [3.05, 3.63) is 342 Å². The Bertz CT molecular complexity index is 3880. The summed E-state index contributed by atoms with van der Waals surface area (Å²) in [4.78, 5) is 14.2. The Morgan fingerprint density at radius 1 is 0.275 bits per heavy atom. The van der Waals surface area contributed by atoms with Gasteiger partial charge in [-0.15, -0.1) is 0 Å². The predicted molar refractivity (Wildman–Crippen MR) is 396 cm³/mol. The zero-order chi connectivity index (χ0) is 61.0. The second-order valence-electron chi connectivity index (χ2n) is 21.1. The molecular weight excluding hydrogens is 1210 g/mol. The van der Waals surface area contributed by atoms with Crippen LogP contribution in [0.15, 0.2) is 357 Å². The lowest BCUT2D eigenvalue weighted by molar-refractivity contribution is 0.414. The first-order valence-electron chi connectivity index (χ1n) is 29.3. The topological polar surface area (TPSA) is 27.7 Å². The molecule has 0 spiro atoms. The van der Waals surface area contributed by atoms with Gasteiger partial charge in [0.05, 0.1) is 36.0 Å². The molecule has 0 heterocycles. The van der Waals surface area contributed by atoms with Gasteiger partial charge in [-0.25, -0.2) is 0 Å². The molecule has 0 aliphatic rings. The van der Waals surface area contributed by atoms with Crippen molar-refractivity contribution in [1.29, 1.82) is 0 Å². The highest BCUT2D eigenvalue weighted by molar-refractivity contribution is 7.99. The molecule has 0 aromatic heterocycles. The molecule has 0 aliphatic carbocycles. The maximum atomic E-state index is 5.93. The summed E-state index contributed by atoms with van der Waals surface area (Å²) in [5, 5.41) is 0.303. The summed E-state index contributed by atoms with van der Waals surface area (Å²) in [5.74, 6) is 3.45. The fourth-order valence-corrected chi connectivity index (χ4v) is 16.5. The summed E-state index contributed by atoms with van der Waals surface area (Å²) in [6, 6.07) is 108. The van der Waals surface area contributed by atoms with Gasteiger partial charge in [-0.3, -0.25) is 0 Å². The van der Waals surface area contributed by atoms with Gasteiger partial charge >= 0.3 is 0 Å². The van der Waals surface area contributed by atoms with Gasteiger partial charge in [-0.1, -0.05) is 195 Å². The van der Waals surface area contributed by atoms with Gasteiger partial charge in [0.1, 0.15) is 23.0 Å². The molecule has 0 N–H and O–H groups in total. The first-order valence-corrected chi connectivity index (χ1v) is 34.3. The van der Waals surface area contributed by atoms with Crippen LogP contribution in [0, 0.1) is 34.6 Å². The van der Waals surface area contributed by atoms with E-state index in [9.17, 15) is 0 Å². The van der Waals surface area contributed by atoms with Crippen LogP contribution in [0.4, 0.5) is 0 Å². The van der Waals surface area contributed by atoms with E-state index in [4.69, 9.17) is 14.2 Å². The van der Waals surface area contributed by atoms with Crippen molar-refractivity contribution in [2.24, 2.45) is 0 Å². The van der Waals surface area contributed by atoms with E-state index in [1.54, 1.807) is 37.7 Å². The maximum absolute atomic E-state index is 5.93. The monoisotopic (exact) mass is 1290 g/mol. The van der Waals surface area contributed by atoms with Crippen molar-refractivity contribution in [2.45, 2.75) is 116 Å². The first-order chi connectivity index (χ1) is 43.0. The number of hydrogen-bond acceptors (Lipinski definition) is 5. The highest BCUT2D eigenvalue weighted by Gasteiger charge is 2.30. The lowest BCUT2D eigenvalue weighted by Crippen LogP contribution is -2.05. The third kappa shape index (κ3) is 20.4. The van der Waals surface area contributed by atoms with Crippen LogP contribution in [0.1, 0.15) is 66.5 Å². The number of ether oxygens (including phenoxy) is 3. The number of aryl methyl sites for hydroxylation is 5. The van der Waals surface area contributed by atoms with Crippen LogP contribution >= 0.6 is 23.5 Å². The van der Waals surface area contributed by atoms with E-state index >= 15 is 0 Å². The molecule has 12 rings (SSSR count). The third-order valence-corrected chi connectivity index (χ3v) is 22.3. The lowest BCUT2D eigenvalue weighted by Gasteiger charge is -2.12. The molecule has 0 saturated carbocycles. The molecule has 0 aliphatic heterocycles. The van der Waals surface area contributed by atoms with Crippen LogP contribution in [0.5, 0.6) is 23.0 Å². The molecule has 3 nitrogen and oxygen atoms in total. The van der Waals surface area contributed by atoms with E-state index < -0.39 is 0 Å². The van der Waals surface area contributed by atoms with Gasteiger partial charge in [-0.2, -0.15) is 0 Å². The van der Waals surface area contributed by atoms with Crippen molar-refractivity contribution in [3.63, 3.8) is 0 Å². The largest absolute Gasteiger partial charge is 0.497 e. The summed E-state index contributed by atoms with van der Waals surface area (Å²) < 4.78 is 16.6. The molecule has 0 amide bonds. The third-order valence-electron chi connectivity index (χ3n) is 14.3. The Morgan fingerprint density at radius 2 is 0.527 bits per heavy atom. The molecule has 12 aromatic carbocycles. The minimum absolute atomic E-state index is 0. The summed E-state index contributed by atoms with van der Waals surface area (Å²) >= 11 is 4.85.